The van der Waals surface area contributed by atoms with E-state index in [1.54, 1.807) is 24.3 Å². The molecule has 2 amide bonds. The summed E-state index contributed by atoms with van der Waals surface area (Å²) in [5.74, 6) is -0.165. The fourth-order valence-corrected chi connectivity index (χ4v) is 2.60. The number of hydrogen-bond acceptors (Lipinski definition) is 2. The second kappa shape index (κ2) is 8.61. The van der Waals surface area contributed by atoms with Crippen LogP contribution >= 0.6 is 15.9 Å². The van der Waals surface area contributed by atoms with Gasteiger partial charge in [-0.1, -0.05) is 28.1 Å². The van der Waals surface area contributed by atoms with Crippen molar-refractivity contribution in [3.8, 4) is 0 Å². The van der Waals surface area contributed by atoms with E-state index in [0.29, 0.717) is 17.9 Å². The van der Waals surface area contributed by atoms with Gasteiger partial charge < -0.3 is 15.5 Å². The van der Waals surface area contributed by atoms with Gasteiger partial charge in [-0.05, 0) is 36.4 Å². The molecular formula is C18H21BrN3O2+. The molecule has 1 unspecified atom stereocenters. The molecule has 6 heteroatoms. The van der Waals surface area contributed by atoms with Crippen molar-refractivity contribution in [2.24, 2.45) is 0 Å². The minimum atomic E-state index is -0.120. The van der Waals surface area contributed by atoms with Crippen LogP contribution in [-0.2, 0) is 16.1 Å². The van der Waals surface area contributed by atoms with Crippen LogP contribution in [0.5, 0.6) is 0 Å². The van der Waals surface area contributed by atoms with E-state index < -0.39 is 0 Å². The van der Waals surface area contributed by atoms with Crippen molar-refractivity contribution < 1.29 is 14.5 Å². The third-order valence-electron chi connectivity index (χ3n) is 3.37. The van der Waals surface area contributed by atoms with Gasteiger partial charge in [0.15, 0.2) is 6.54 Å². The molecule has 5 nitrogen and oxygen atoms in total. The summed E-state index contributed by atoms with van der Waals surface area (Å²) in [5.41, 5.74) is 2.60. The summed E-state index contributed by atoms with van der Waals surface area (Å²) >= 11 is 3.41. The van der Waals surface area contributed by atoms with Gasteiger partial charge in [0.25, 0.3) is 5.91 Å². The van der Waals surface area contributed by atoms with Gasteiger partial charge >= 0.3 is 0 Å². The van der Waals surface area contributed by atoms with Crippen molar-refractivity contribution in [3.63, 3.8) is 0 Å². The Morgan fingerprint density at radius 3 is 2.04 bits per heavy atom. The molecule has 0 aliphatic heterocycles. The Hall–Kier alpha value is -2.18. The van der Waals surface area contributed by atoms with Crippen molar-refractivity contribution in [1.82, 2.24) is 0 Å². The number of hydrogen-bond donors (Lipinski definition) is 3. The fourth-order valence-electron chi connectivity index (χ4n) is 2.33. The molecule has 0 aromatic heterocycles. The Morgan fingerprint density at radius 2 is 1.50 bits per heavy atom. The molecule has 2 aromatic carbocycles. The maximum atomic E-state index is 12.1. The number of amides is 2. The van der Waals surface area contributed by atoms with Crippen molar-refractivity contribution in [2.45, 2.75) is 13.5 Å². The van der Waals surface area contributed by atoms with Crippen LogP contribution in [0.15, 0.2) is 53.0 Å². The van der Waals surface area contributed by atoms with Gasteiger partial charge in [-0.3, -0.25) is 9.59 Å². The molecule has 0 fully saturated rings. The van der Waals surface area contributed by atoms with E-state index in [2.05, 4.69) is 26.6 Å². The Labute approximate surface area is 150 Å². The molecule has 0 saturated carbocycles. The molecule has 1 atom stereocenters. The first-order valence-corrected chi connectivity index (χ1v) is 8.45. The van der Waals surface area contributed by atoms with E-state index in [9.17, 15) is 9.59 Å². The third-order valence-corrected chi connectivity index (χ3v) is 3.90. The molecular weight excluding hydrogens is 370 g/mol. The number of carbonyl (C=O) groups excluding carboxylic acids is 2. The lowest BCUT2D eigenvalue weighted by molar-refractivity contribution is -0.885. The molecule has 24 heavy (non-hydrogen) atoms. The van der Waals surface area contributed by atoms with Gasteiger partial charge in [-0.15, -0.1) is 0 Å². The monoisotopic (exact) mass is 390 g/mol. The SMILES string of the molecule is CC(=O)Nc1ccc(NC(=O)C[NH+](C)Cc2ccc(Br)cc2)cc1. The van der Waals surface area contributed by atoms with Gasteiger partial charge in [0.05, 0.1) is 7.05 Å². The highest BCUT2D eigenvalue weighted by molar-refractivity contribution is 9.10. The predicted octanol–water partition coefficient (Wildman–Crippen LogP) is 2.06. The first-order chi connectivity index (χ1) is 11.4. The summed E-state index contributed by atoms with van der Waals surface area (Å²) in [4.78, 5) is 24.2. The number of benzene rings is 2. The molecule has 0 heterocycles. The number of nitrogens with one attached hydrogen (secondary N) is 3. The van der Waals surface area contributed by atoms with E-state index in [1.165, 1.54) is 12.5 Å². The molecule has 0 bridgehead atoms. The van der Waals surface area contributed by atoms with Crippen molar-refractivity contribution in [3.05, 3.63) is 58.6 Å². The zero-order valence-electron chi connectivity index (χ0n) is 13.7. The normalized spacial score (nSPS) is 11.6. The van der Waals surface area contributed by atoms with Crippen LogP contribution in [-0.4, -0.2) is 25.4 Å². The smallest absolute Gasteiger partial charge is 0.279 e. The summed E-state index contributed by atoms with van der Waals surface area (Å²) in [7, 11) is 1.99. The Morgan fingerprint density at radius 1 is 0.958 bits per heavy atom. The zero-order chi connectivity index (χ0) is 17.5. The van der Waals surface area contributed by atoms with Crippen LogP contribution in [0.1, 0.15) is 12.5 Å². The summed E-state index contributed by atoms with van der Waals surface area (Å²) in [5, 5.41) is 5.56. The fraction of sp³-hybridized carbons (Fsp3) is 0.222. The van der Waals surface area contributed by atoms with Gasteiger partial charge in [0, 0.05) is 28.3 Å². The number of quaternary nitrogens is 1. The number of anilines is 2. The van der Waals surface area contributed by atoms with Crippen LogP contribution in [0.25, 0.3) is 0 Å². The summed E-state index contributed by atoms with van der Waals surface area (Å²) in [6.45, 7) is 2.62. The van der Waals surface area contributed by atoms with Crippen LogP contribution in [0.2, 0.25) is 0 Å². The topological polar surface area (TPSA) is 62.6 Å². The average molecular weight is 391 g/mol. The highest BCUT2D eigenvalue weighted by atomic mass is 79.9. The van der Waals surface area contributed by atoms with E-state index in [0.717, 1.165) is 15.9 Å². The lowest BCUT2D eigenvalue weighted by Gasteiger charge is -2.14. The van der Waals surface area contributed by atoms with E-state index in [4.69, 9.17) is 0 Å². The molecule has 0 saturated heterocycles. The Kier molecular flexibility index (Phi) is 6.52. The molecule has 2 aromatic rings. The maximum Gasteiger partial charge on any atom is 0.279 e. The average Bonchev–Trinajstić information content (AvgIpc) is 2.51. The van der Waals surface area contributed by atoms with Gasteiger partial charge in [0.1, 0.15) is 6.54 Å². The third kappa shape index (κ3) is 6.14. The summed E-state index contributed by atoms with van der Waals surface area (Å²) in [6.07, 6.45) is 0. The number of carbonyl (C=O) groups is 2. The van der Waals surface area contributed by atoms with Crippen molar-refractivity contribution >= 4 is 39.1 Å². The second-order valence-corrected chi connectivity index (χ2v) is 6.66. The molecule has 126 valence electrons. The Balaban J connectivity index is 1.83. The first kappa shape index (κ1) is 18.2. The van der Waals surface area contributed by atoms with Gasteiger partial charge in [-0.2, -0.15) is 0 Å². The first-order valence-electron chi connectivity index (χ1n) is 7.65. The molecule has 0 aliphatic carbocycles. The minimum absolute atomic E-state index is 0.0445. The molecule has 0 aliphatic rings. The van der Waals surface area contributed by atoms with Gasteiger partial charge in [0.2, 0.25) is 5.91 Å². The van der Waals surface area contributed by atoms with Crippen molar-refractivity contribution in [2.75, 3.05) is 24.2 Å². The minimum Gasteiger partial charge on any atom is -0.326 e. The highest BCUT2D eigenvalue weighted by Gasteiger charge is 2.11. The largest absolute Gasteiger partial charge is 0.326 e. The Bertz CT molecular complexity index is 699. The van der Waals surface area contributed by atoms with E-state index >= 15 is 0 Å². The summed E-state index contributed by atoms with van der Waals surface area (Å²) < 4.78 is 1.05. The number of rotatable bonds is 6. The van der Waals surface area contributed by atoms with E-state index in [-0.39, 0.29) is 11.8 Å². The second-order valence-electron chi connectivity index (χ2n) is 5.74. The molecule has 3 N–H and O–H groups in total. The number of halogens is 1. The van der Waals surface area contributed by atoms with Crippen LogP contribution in [0.3, 0.4) is 0 Å². The predicted molar refractivity (Wildman–Crippen MR) is 99.0 cm³/mol. The van der Waals surface area contributed by atoms with Crippen molar-refractivity contribution in [1.29, 1.82) is 0 Å². The maximum absolute atomic E-state index is 12.1. The standard InChI is InChI=1S/C18H20BrN3O2/c1-13(23)20-16-7-9-17(10-8-16)21-18(24)12-22(2)11-14-3-5-15(19)6-4-14/h3-10H,11-12H2,1-2H3,(H,20,23)(H,21,24)/p+1. The lowest BCUT2D eigenvalue weighted by atomic mass is 10.2. The molecule has 0 radical (unpaired) electrons. The number of likely N-dealkylation sites (N-methyl/N-ethyl adjacent to an activating group) is 1. The van der Waals surface area contributed by atoms with Crippen LogP contribution in [0.4, 0.5) is 11.4 Å². The van der Waals surface area contributed by atoms with Crippen LogP contribution < -0.4 is 15.5 Å². The lowest BCUT2D eigenvalue weighted by Crippen LogP contribution is -3.08. The molecule has 0 spiro atoms. The summed E-state index contributed by atoms with van der Waals surface area (Å²) in [6, 6.07) is 15.2. The van der Waals surface area contributed by atoms with Gasteiger partial charge in [-0.25, -0.2) is 0 Å². The van der Waals surface area contributed by atoms with E-state index in [1.807, 2.05) is 31.3 Å². The molecule has 2 rings (SSSR count). The highest BCUT2D eigenvalue weighted by Crippen LogP contribution is 2.13. The van der Waals surface area contributed by atoms with Crippen LogP contribution in [0, 0.1) is 0 Å². The zero-order valence-corrected chi connectivity index (χ0v) is 15.3. The quantitative estimate of drug-likeness (QED) is 0.706.